The molecule has 0 bridgehead atoms. The third kappa shape index (κ3) is 4.26. The molecule has 2 aromatic rings. The van der Waals surface area contributed by atoms with E-state index in [4.69, 9.17) is 21.1 Å². The quantitative estimate of drug-likeness (QED) is 0.640. The van der Waals surface area contributed by atoms with Gasteiger partial charge in [-0.15, -0.1) is 0 Å². The number of methoxy groups -OCH3 is 2. The first-order chi connectivity index (χ1) is 11.6. The molecule has 1 unspecified atom stereocenters. The van der Waals surface area contributed by atoms with Crippen molar-refractivity contribution in [3.63, 3.8) is 0 Å². The number of hydrogen-bond acceptors (Lipinski definition) is 5. The van der Waals surface area contributed by atoms with Crippen LogP contribution in [0.15, 0.2) is 54.6 Å². The number of anilines is 1. The molecule has 1 atom stereocenters. The molecule has 0 saturated carbocycles. The fourth-order valence-corrected chi connectivity index (χ4v) is 2.49. The average Bonchev–Trinajstić information content (AvgIpc) is 2.63. The number of hydrogen-bond donors (Lipinski definition) is 1. The molecule has 0 fully saturated rings. The molecule has 126 valence electrons. The van der Waals surface area contributed by atoms with E-state index in [9.17, 15) is 9.59 Å². The average molecular weight is 348 g/mol. The molecule has 2 rings (SSSR count). The Labute approximate surface area is 145 Å². The molecule has 0 aliphatic carbocycles. The van der Waals surface area contributed by atoms with Crippen molar-refractivity contribution in [3.05, 3.63) is 65.2 Å². The molecule has 0 amide bonds. The van der Waals surface area contributed by atoms with Crippen molar-refractivity contribution in [1.29, 1.82) is 0 Å². The van der Waals surface area contributed by atoms with Gasteiger partial charge in [0.05, 0.1) is 20.3 Å². The molecule has 0 aliphatic heterocycles. The molecule has 0 radical (unpaired) electrons. The van der Waals surface area contributed by atoms with Gasteiger partial charge in [0.15, 0.2) is 5.92 Å². The SMILES string of the molecule is COC(=O)C(C(=O)OC)C(Nc1ccc(Cl)cc1)c1ccccc1. The van der Waals surface area contributed by atoms with E-state index in [0.29, 0.717) is 10.7 Å². The largest absolute Gasteiger partial charge is 0.468 e. The van der Waals surface area contributed by atoms with Crippen LogP contribution in [-0.4, -0.2) is 26.2 Å². The zero-order valence-electron chi connectivity index (χ0n) is 13.4. The molecule has 6 heteroatoms. The first kappa shape index (κ1) is 17.8. The maximum absolute atomic E-state index is 12.2. The Hall–Kier alpha value is -2.53. The molecule has 2 aromatic carbocycles. The Morgan fingerprint density at radius 3 is 1.96 bits per heavy atom. The van der Waals surface area contributed by atoms with Crippen molar-refractivity contribution in [2.45, 2.75) is 6.04 Å². The molecule has 0 spiro atoms. The van der Waals surface area contributed by atoms with E-state index >= 15 is 0 Å². The van der Waals surface area contributed by atoms with Crippen LogP contribution in [0.2, 0.25) is 5.02 Å². The first-order valence-electron chi connectivity index (χ1n) is 7.29. The minimum Gasteiger partial charge on any atom is -0.468 e. The van der Waals surface area contributed by atoms with Crippen LogP contribution in [0.3, 0.4) is 0 Å². The molecule has 0 aromatic heterocycles. The number of esters is 2. The van der Waals surface area contributed by atoms with Gasteiger partial charge < -0.3 is 14.8 Å². The highest BCUT2D eigenvalue weighted by Gasteiger charge is 2.38. The topological polar surface area (TPSA) is 64.6 Å². The fourth-order valence-electron chi connectivity index (χ4n) is 2.37. The number of benzene rings is 2. The highest BCUT2D eigenvalue weighted by molar-refractivity contribution is 6.30. The van der Waals surface area contributed by atoms with Crippen LogP contribution in [0, 0.1) is 5.92 Å². The number of rotatable bonds is 6. The van der Waals surface area contributed by atoms with Gasteiger partial charge in [-0.05, 0) is 29.8 Å². The van der Waals surface area contributed by atoms with E-state index in [1.54, 1.807) is 24.3 Å². The summed E-state index contributed by atoms with van der Waals surface area (Å²) in [5.41, 5.74) is 1.47. The van der Waals surface area contributed by atoms with E-state index in [0.717, 1.165) is 5.56 Å². The highest BCUT2D eigenvalue weighted by Crippen LogP contribution is 2.29. The van der Waals surface area contributed by atoms with Gasteiger partial charge in [0, 0.05) is 10.7 Å². The highest BCUT2D eigenvalue weighted by atomic mass is 35.5. The van der Waals surface area contributed by atoms with Crippen LogP contribution in [0.25, 0.3) is 0 Å². The Morgan fingerprint density at radius 1 is 0.917 bits per heavy atom. The van der Waals surface area contributed by atoms with E-state index in [1.807, 2.05) is 30.3 Å². The third-order valence-corrected chi connectivity index (χ3v) is 3.82. The normalized spacial score (nSPS) is 11.7. The van der Waals surface area contributed by atoms with Crippen molar-refractivity contribution < 1.29 is 19.1 Å². The van der Waals surface area contributed by atoms with Crippen molar-refractivity contribution in [3.8, 4) is 0 Å². The summed E-state index contributed by atoms with van der Waals surface area (Å²) in [6.07, 6.45) is 0. The molecule has 24 heavy (non-hydrogen) atoms. The second-order valence-electron chi connectivity index (χ2n) is 5.06. The Bertz CT molecular complexity index is 672. The predicted octanol–water partition coefficient (Wildman–Crippen LogP) is 3.46. The zero-order valence-corrected chi connectivity index (χ0v) is 14.1. The van der Waals surface area contributed by atoms with E-state index in [1.165, 1.54) is 14.2 Å². The maximum Gasteiger partial charge on any atom is 0.322 e. The number of ether oxygens (including phenoxy) is 2. The van der Waals surface area contributed by atoms with E-state index in [-0.39, 0.29) is 0 Å². The van der Waals surface area contributed by atoms with Crippen molar-refractivity contribution >= 4 is 29.2 Å². The van der Waals surface area contributed by atoms with Crippen molar-refractivity contribution in [2.75, 3.05) is 19.5 Å². The van der Waals surface area contributed by atoms with Crippen LogP contribution in [0.4, 0.5) is 5.69 Å². The molecular formula is C18H18ClNO4. The summed E-state index contributed by atoms with van der Waals surface area (Å²) < 4.78 is 9.59. The minimum atomic E-state index is -1.14. The van der Waals surface area contributed by atoms with Gasteiger partial charge in [0.25, 0.3) is 0 Å². The van der Waals surface area contributed by atoms with Gasteiger partial charge >= 0.3 is 11.9 Å². The van der Waals surface area contributed by atoms with Gasteiger partial charge in [-0.3, -0.25) is 9.59 Å². The summed E-state index contributed by atoms with van der Waals surface area (Å²) in [5.74, 6) is -2.48. The minimum absolute atomic E-state index is 0.592. The zero-order chi connectivity index (χ0) is 17.5. The summed E-state index contributed by atoms with van der Waals surface area (Å²) in [4.78, 5) is 24.4. The molecule has 0 aliphatic rings. The van der Waals surface area contributed by atoms with Crippen LogP contribution < -0.4 is 5.32 Å². The smallest absolute Gasteiger partial charge is 0.322 e. The summed E-state index contributed by atoms with van der Waals surface area (Å²) in [5, 5.41) is 3.78. The predicted molar refractivity (Wildman–Crippen MR) is 91.8 cm³/mol. The second-order valence-corrected chi connectivity index (χ2v) is 5.50. The van der Waals surface area contributed by atoms with Gasteiger partial charge in [-0.25, -0.2) is 0 Å². The lowest BCUT2D eigenvalue weighted by molar-refractivity contribution is -0.159. The third-order valence-electron chi connectivity index (χ3n) is 3.57. The summed E-state index contributed by atoms with van der Waals surface area (Å²) in [6.45, 7) is 0. The lowest BCUT2D eigenvalue weighted by Gasteiger charge is -2.26. The lowest BCUT2D eigenvalue weighted by atomic mass is 9.92. The van der Waals surface area contributed by atoms with Crippen molar-refractivity contribution in [2.24, 2.45) is 5.92 Å². The van der Waals surface area contributed by atoms with E-state index < -0.39 is 23.9 Å². The van der Waals surface area contributed by atoms with Crippen molar-refractivity contribution in [1.82, 2.24) is 0 Å². The molecule has 5 nitrogen and oxygen atoms in total. The Morgan fingerprint density at radius 2 is 1.46 bits per heavy atom. The molecular weight excluding hydrogens is 330 g/mol. The number of nitrogens with one attached hydrogen (secondary N) is 1. The fraction of sp³-hybridized carbons (Fsp3) is 0.222. The number of halogens is 1. The number of carbonyl (C=O) groups excluding carboxylic acids is 2. The summed E-state index contributed by atoms with van der Waals surface area (Å²) >= 11 is 5.90. The Balaban J connectivity index is 2.42. The molecule has 0 heterocycles. The van der Waals surface area contributed by atoms with Crippen LogP contribution in [-0.2, 0) is 19.1 Å². The van der Waals surface area contributed by atoms with Gasteiger partial charge in [-0.2, -0.15) is 0 Å². The molecule has 1 N–H and O–H groups in total. The summed E-state index contributed by atoms with van der Waals surface area (Å²) in [6, 6.07) is 15.5. The maximum atomic E-state index is 12.2. The Kier molecular flexibility index (Phi) is 6.21. The monoisotopic (exact) mass is 347 g/mol. The summed E-state index contributed by atoms with van der Waals surface area (Å²) in [7, 11) is 2.48. The van der Waals surface area contributed by atoms with Crippen LogP contribution in [0.1, 0.15) is 11.6 Å². The van der Waals surface area contributed by atoms with Crippen LogP contribution in [0.5, 0.6) is 0 Å². The van der Waals surface area contributed by atoms with Gasteiger partial charge in [0.1, 0.15) is 0 Å². The lowest BCUT2D eigenvalue weighted by Crippen LogP contribution is -2.35. The second kappa shape index (κ2) is 8.36. The van der Waals surface area contributed by atoms with Crippen LogP contribution >= 0.6 is 11.6 Å². The molecule has 0 saturated heterocycles. The number of carbonyl (C=O) groups is 2. The first-order valence-corrected chi connectivity index (χ1v) is 7.67. The standard InChI is InChI=1S/C18H18ClNO4/c1-23-17(21)15(18(22)24-2)16(12-6-4-3-5-7-12)20-14-10-8-13(19)9-11-14/h3-11,15-16,20H,1-2H3. The van der Waals surface area contributed by atoms with Gasteiger partial charge in [0.2, 0.25) is 0 Å². The van der Waals surface area contributed by atoms with E-state index in [2.05, 4.69) is 5.32 Å². The van der Waals surface area contributed by atoms with Gasteiger partial charge in [-0.1, -0.05) is 41.9 Å².